The summed E-state index contributed by atoms with van der Waals surface area (Å²) in [6.45, 7) is 8.73. The smallest absolute Gasteiger partial charge is 0.410 e. The topological polar surface area (TPSA) is 49.9 Å². The molecule has 7 heteroatoms. The molecule has 1 atom stereocenters. The molecule has 0 spiro atoms. The van der Waals surface area contributed by atoms with E-state index < -0.39 is 17.5 Å². The summed E-state index contributed by atoms with van der Waals surface area (Å²) in [5.41, 5.74) is -0.264. The number of carbonyl (C=O) groups excluding carboxylic acids is 2. The fraction of sp³-hybridized carbons (Fsp3) is 0.600. The van der Waals surface area contributed by atoms with E-state index in [1.165, 1.54) is 6.07 Å². The first-order valence-electron chi connectivity index (χ1n) is 9.32. The molecule has 0 aliphatic carbocycles. The minimum absolute atomic E-state index is 0.0925. The van der Waals surface area contributed by atoms with Gasteiger partial charge in [-0.1, -0.05) is 17.7 Å². The van der Waals surface area contributed by atoms with Crippen LogP contribution < -0.4 is 0 Å². The molecule has 1 heterocycles. The molecule has 27 heavy (non-hydrogen) atoms. The van der Waals surface area contributed by atoms with Gasteiger partial charge in [0.15, 0.2) is 0 Å². The Kier molecular flexibility index (Phi) is 7.09. The third-order valence-electron chi connectivity index (χ3n) is 4.53. The van der Waals surface area contributed by atoms with E-state index in [9.17, 15) is 14.0 Å². The highest BCUT2D eigenvalue weighted by molar-refractivity contribution is 6.31. The van der Waals surface area contributed by atoms with Crippen LogP contribution in [0.4, 0.5) is 9.18 Å². The van der Waals surface area contributed by atoms with E-state index in [0.29, 0.717) is 36.6 Å². The molecular formula is C20H28ClFN2O3. The molecule has 5 nitrogen and oxygen atoms in total. The van der Waals surface area contributed by atoms with E-state index in [1.54, 1.807) is 21.9 Å². The summed E-state index contributed by atoms with van der Waals surface area (Å²) in [5, 5.41) is 0.306. The van der Waals surface area contributed by atoms with Crippen LogP contribution in [0, 0.1) is 11.7 Å². The second-order valence-corrected chi connectivity index (χ2v) is 8.23. The van der Waals surface area contributed by atoms with Gasteiger partial charge in [-0.05, 0) is 52.7 Å². The Morgan fingerprint density at radius 1 is 1.37 bits per heavy atom. The lowest BCUT2D eigenvalue weighted by Crippen LogP contribution is -2.47. The van der Waals surface area contributed by atoms with Crippen LogP contribution in [0.5, 0.6) is 0 Å². The van der Waals surface area contributed by atoms with Crippen molar-refractivity contribution in [3.63, 3.8) is 0 Å². The molecule has 2 rings (SSSR count). The van der Waals surface area contributed by atoms with Crippen molar-refractivity contribution in [1.82, 2.24) is 9.80 Å². The highest BCUT2D eigenvalue weighted by Crippen LogP contribution is 2.25. The average molecular weight is 399 g/mol. The minimum Gasteiger partial charge on any atom is -0.444 e. The molecule has 1 aliphatic heterocycles. The summed E-state index contributed by atoms with van der Waals surface area (Å²) in [6.07, 6.45) is 1.02. The summed E-state index contributed by atoms with van der Waals surface area (Å²) in [6, 6.07) is 4.49. The van der Waals surface area contributed by atoms with Crippen molar-refractivity contribution in [2.24, 2.45) is 5.92 Å². The number of benzene rings is 1. The van der Waals surface area contributed by atoms with Crippen molar-refractivity contribution in [3.05, 3.63) is 34.6 Å². The molecule has 150 valence electrons. The summed E-state index contributed by atoms with van der Waals surface area (Å²) in [4.78, 5) is 28.5. The van der Waals surface area contributed by atoms with Crippen LogP contribution in [0.2, 0.25) is 5.02 Å². The number of rotatable bonds is 4. The number of nitrogens with zero attached hydrogens (tertiary/aromatic N) is 2. The van der Waals surface area contributed by atoms with Gasteiger partial charge < -0.3 is 14.5 Å². The Labute approximate surface area is 165 Å². The van der Waals surface area contributed by atoms with Crippen LogP contribution >= 0.6 is 11.6 Å². The predicted molar refractivity (Wildman–Crippen MR) is 103 cm³/mol. The SMILES string of the molecule is CCN(Cc1c(F)cccc1Cl)C(=O)C1CCCN(C(=O)OC(C)(C)C)C1. The standard InChI is InChI=1S/C20H28ClFN2O3/c1-5-23(13-15-16(21)9-6-10-17(15)22)18(25)14-8-7-11-24(12-14)19(26)27-20(2,3)4/h6,9-10,14H,5,7-8,11-13H2,1-4H3. The molecule has 1 saturated heterocycles. The molecule has 0 aromatic heterocycles. The molecule has 1 fully saturated rings. The number of carbonyl (C=O) groups is 2. The zero-order valence-corrected chi connectivity index (χ0v) is 17.2. The monoisotopic (exact) mass is 398 g/mol. The van der Waals surface area contributed by atoms with Crippen LogP contribution in [-0.4, -0.2) is 47.0 Å². The third-order valence-corrected chi connectivity index (χ3v) is 4.88. The van der Waals surface area contributed by atoms with Crippen molar-refractivity contribution >= 4 is 23.6 Å². The van der Waals surface area contributed by atoms with Crippen LogP contribution in [0.25, 0.3) is 0 Å². The summed E-state index contributed by atoms with van der Waals surface area (Å²) >= 11 is 6.10. The van der Waals surface area contributed by atoms with Crippen LogP contribution in [0.15, 0.2) is 18.2 Å². The van der Waals surface area contributed by atoms with Gasteiger partial charge in [-0.2, -0.15) is 0 Å². The highest BCUT2D eigenvalue weighted by Gasteiger charge is 2.33. The Morgan fingerprint density at radius 2 is 2.07 bits per heavy atom. The summed E-state index contributed by atoms with van der Waals surface area (Å²) in [7, 11) is 0. The molecule has 1 aliphatic rings. The molecule has 0 bridgehead atoms. The molecular weight excluding hydrogens is 371 g/mol. The van der Waals surface area contributed by atoms with Crippen molar-refractivity contribution in [3.8, 4) is 0 Å². The van der Waals surface area contributed by atoms with Gasteiger partial charge in [-0.25, -0.2) is 9.18 Å². The van der Waals surface area contributed by atoms with Gasteiger partial charge in [0.2, 0.25) is 5.91 Å². The van der Waals surface area contributed by atoms with Gasteiger partial charge in [-0.3, -0.25) is 4.79 Å². The molecule has 1 unspecified atom stereocenters. The Hall–Kier alpha value is -1.82. The quantitative estimate of drug-likeness (QED) is 0.751. The Bertz CT molecular complexity index is 670. The predicted octanol–water partition coefficient (Wildman–Crippen LogP) is 4.47. The zero-order chi connectivity index (χ0) is 20.2. The second-order valence-electron chi connectivity index (χ2n) is 7.82. The molecule has 1 aromatic carbocycles. The van der Waals surface area contributed by atoms with Gasteiger partial charge >= 0.3 is 6.09 Å². The number of halogens is 2. The van der Waals surface area contributed by atoms with E-state index in [-0.39, 0.29) is 18.4 Å². The lowest BCUT2D eigenvalue weighted by Gasteiger charge is -2.35. The number of hydrogen-bond acceptors (Lipinski definition) is 3. The Morgan fingerprint density at radius 3 is 2.67 bits per heavy atom. The van der Waals surface area contributed by atoms with E-state index in [2.05, 4.69) is 0 Å². The van der Waals surface area contributed by atoms with Gasteiger partial charge in [0, 0.05) is 36.8 Å². The normalized spacial score (nSPS) is 17.6. The van der Waals surface area contributed by atoms with Crippen molar-refractivity contribution in [1.29, 1.82) is 0 Å². The first-order chi connectivity index (χ1) is 12.6. The first-order valence-corrected chi connectivity index (χ1v) is 9.69. The van der Waals surface area contributed by atoms with Crippen LogP contribution in [0.3, 0.4) is 0 Å². The van der Waals surface area contributed by atoms with Gasteiger partial charge in [0.1, 0.15) is 11.4 Å². The minimum atomic E-state index is -0.578. The van der Waals surface area contributed by atoms with E-state index in [4.69, 9.17) is 16.3 Å². The first kappa shape index (κ1) is 21.5. The fourth-order valence-corrected chi connectivity index (χ4v) is 3.37. The number of amides is 2. The van der Waals surface area contributed by atoms with Gasteiger partial charge in [0.05, 0.1) is 5.92 Å². The lowest BCUT2D eigenvalue weighted by atomic mass is 9.96. The number of piperidine rings is 1. The summed E-state index contributed by atoms with van der Waals surface area (Å²) in [5.74, 6) is -0.838. The Balaban J connectivity index is 2.07. The summed E-state index contributed by atoms with van der Waals surface area (Å²) < 4.78 is 19.5. The second kappa shape index (κ2) is 8.91. The van der Waals surface area contributed by atoms with Crippen LogP contribution in [-0.2, 0) is 16.1 Å². The molecule has 0 N–H and O–H groups in total. The molecule has 0 saturated carbocycles. The zero-order valence-electron chi connectivity index (χ0n) is 16.4. The van der Waals surface area contributed by atoms with Gasteiger partial charge in [-0.15, -0.1) is 0 Å². The third kappa shape index (κ3) is 5.83. The molecule has 1 aromatic rings. The van der Waals surface area contributed by atoms with Crippen molar-refractivity contribution < 1.29 is 18.7 Å². The van der Waals surface area contributed by atoms with E-state index in [0.717, 1.165) is 6.42 Å². The average Bonchev–Trinajstić information content (AvgIpc) is 2.60. The maximum atomic E-state index is 14.1. The van der Waals surface area contributed by atoms with Crippen molar-refractivity contribution in [2.75, 3.05) is 19.6 Å². The maximum Gasteiger partial charge on any atom is 0.410 e. The largest absolute Gasteiger partial charge is 0.444 e. The molecule has 2 amide bonds. The fourth-order valence-electron chi connectivity index (χ4n) is 3.15. The maximum absolute atomic E-state index is 14.1. The van der Waals surface area contributed by atoms with E-state index in [1.807, 2.05) is 27.7 Å². The number of ether oxygens (including phenoxy) is 1. The molecule has 0 radical (unpaired) electrons. The van der Waals surface area contributed by atoms with Crippen LogP contribution in [0.1, 0.15) is 46.1 Å². The van der Waals surface area contributed by atoms with E-state index >= 15 is 0 Å². The highest BCUT2D eigenvalue weighted by atomic mass is 35.5. The lowest BCUT2D eigenvalue weighted by molar-refractivity contribution is -0.137. The number of likely N-dealkylation sites (tertiary alicyclic amines) is 1. The van der Waals surface area contributed by atoms with Crippen molar-refractivity contribution in [2.45, 2.75) is 52.7 Å². The number of hydrogen-bond donors (Lipinski definition) is 0. The van der Waals surface area contributed by atoms with Gasteiger partial charge in [0.25, 0.3) is 0 Å².